The van der Waals surface area contributed by atoms with Gasteiger partial charge in [0.1, 0.15) is 0 Å². The van der Waals surface area contributed by atoms with Crippen LogP contribution in [-0.4, -0.2) is 46.6 Å². The number of hydrogen-bond acceptors (Lipinski definition) is 4. The van der Waals surface area contributed by atoms with E-state index in [4.69, 9.17) is 0 Å². The molecule has 108 valence electrons. The van der Waals surface area contributed by atoms with Crippen molar-refractivity contribution in [2.75, 3.05) is 31.1 Å². The maximum absolute atomic E-state index is 4.46. The van der Waals surface area contributed by atoms with Crippen LogP contribution < -0.4 is 4.90 Å². The van der Waals surface area contributed by atoms with E-state index in [2.05, 4.69) is 26.3 Å². The largest absolute Gasteiger partial charge is 0.341 e. The summed E-state index contributed by atoms with van der Waals surface area (Å²) in [5.41, 5.74) is 1.53. The first-order chi connectivity index (χ1) is 9.73. The van der Waals surface area contributed by atoms with E-state index in [9.17, 15) is 0 Å². The topological polar surface area (TPSA) is 32.3 Å². The summed E-state index contributed by atoms with van der Waals surface area (Å²) in [6, 6.07) is 0. The maximum Gasteiger partial charge on any atom is 0.225 e. The number of rotatable bonds is 3. The van der Waals surface area contributed by atoms with Crippen LogP contribution in [0, 0.1) is 6.92 Å². The molecule has 3 heterocycles. The van der Waals surface area contributed by atoms with Crippen LogP contribution in [0.2, 0.25) is 0 Å². The van der Waals surface area contributed by atoms with E-state index in [0.717, 1.165) is 31.1 Å². The summed E-state index contributed by atoms with van der Waals surface area (Å²) >= 11 is 0. The van der Waals surface area contributed by atoms with Gasteiger partial charge in [-0.15, -0.1) is 6.58 Å². The van der Waals surface area contributed by atoms with Crippen LogP contribution >= 0.6 is 0 Å². The van der Waals surface area contributed by atoms with Crippen LogP contribution in [0.5, 0.6) is 0 Å². The van der Waals surface area contributed by atoms with Crippen molar-refractivity contribution in [2.45, 2.75) is 38.1 Å². The van der Waals surface area contributed by atoms with E-state index >= 15 is 0 Å². The van der Waals surface area contributed by atoms with Crippen molar-refractivity contribution < 1.29 is 0 Å². The molecule has 2 saturated heterocycles. The lowest BCUT2D eigenvalue weighted by molar-refractivity contribution is 0.120. The molecule has 4 nitrogen and oxygen atoms in total. The summed E-state index contributed by atoms with van der Waals surface area (Å²) in [6.07, 6.45) is 11.0. The normalized spacial score (nSPS) is 22.4. The third-order valence-electron chi connectivity index (χ3n) is 4.83. The zero-order chi connectivity index (χ0) is 14.0. The van der Waals surface area contributed by atoms with Gasteiger partial charge in [0.05, 0.1) is 0 Å². The quantitative estimate of drug-likeness (QED) is 0.791. The second-order valence-electron chi connectivity index (χ2n) is 6.11. The van der Waals surface area contributed by atoms with E-state index in [1.54, 1.807) is 0 Å². The van der Waals surface area contributed by atoms with Gasteiger partial charge in [0.2, 0.25) is 5.95 Å². The molecule has 4 heteroatoms. The van der Waals surface area contributed by atoms with Crippen molar-refractivity contribution in [2.24, 2.45) is 0 Å². The summed E-state index contributed by atoms with van der Waals surface area (Å²) in [5, 5.41) is 0. The summed E-state index contributed by atoms with van der Waals surface area (Å²) < 4.78 is 0. The summed E-state index contributed by atoms with van der Waals surface area (Å²) in [7, 11) is 0. The number of aryl methyl sites for hydroxylation is 1. The van der Waals surface area contributed by atoms with Gasteiger partial charge in [-0.3, -0.25) is 4.90 Å². The number of hydrogen-bond donors (Lipinski definition) is 0. The molecule has 3 rings (SSSR count). The molecule has 0 radical (unpaired) electrons. The highest BCUT2D eigenvalue weighted by Crippen LogP contribution is 2.38. The Morgan fingerprint density at radius 2 is 1.90 bits per heavy atom. The highest BCUT2D eigenvalue weighted by molar-refractivity contribution is 5.31. The molecule has 0 aromatic carbocycles. The number of aromatic nitrogens is 2. The van der Waals surface area contributed by atoms with E-state index in [1.165, 1.54) is 32.2 Å². The van der Waals surface area contributed by atoms with Gasteiger partial charge in [-0.05, 0) is 44.7 Å². The fourth-order valence-electron chi connectivity index (χ4n) is 3.67. The monoisotopic (exact) mass is 272 g/mol. The van der Waals surface area contributed by atoms with Gasteiger partial charge in [-0.1, -0.05) is 6.08 Å². The molecule has 0 bridgehead atoms. The molecular weight excluding hydrogens is 248 g/mol. The van der Waals surface area contributed by atoms with Gasteiger partial charge in [0, 0.05) is 37.6 Å². The Kier molecular flexibility index (Phi) is 3.74. The minimum atomic E-state index is 0.412. The van der Waals surface area contributed by atoms with Gasteiger partial charge in [-0.25, -0.2) is 9.97 Å². The van der Waals surface area contributed by atoms with Crippen LogP contribution in [0.15, 0.2) is 25.0 Å². The van der Waals surface area contributed by atoms with Gasteiger partial charge in [0.15, 0.2) is 0 Å². The van der Waals surface area contributed by atoms with Crippen molar-refractivity contribution in [1.29, 1.82) is 0 Å². The van der Waals surface area contributed by atoms with Crippen LogP contribution in [0.4, 0.5) is 5.95 Å². The molecule has 0 atom stereocenters. The molecule has 0 saturated carbocycles. The van der Waals surface area contributed by atoms with Crippen molar-refractivity contribution in [3.63, 3.8) is 0 Å². The van der Waals surface area contributed by atoms with Crippen molar-refractivity contribution in [3.8, 4) is 0 Å². The lowest BCUT2D eigenvalue weighted by Crippen LogP contribution is -2.52. The van der Waals surface area contributed by atoms with E-state index in [0.29, 0.717) is 5.54 Å². The third-order valence-corrected chi connectivity index (χ3v) is 4.83. The van der Waals surface area contributed by atoms with Crippen molar-refractivity contribution >= 4 is 5.95 Å². The third kappa shape index (κ3) is 2.44. The van der Waals surface area contributed by atoms with Gasteiger partial charge < -0.3 is 4.90 Å². The Bertz CT molecular complexity index is 460. The van der Waals surface area contributed by atoms with Crippen molar-refractivity contribution in [1.82, 2.24) is 14.9 Å². The van der Waals surface area contributed by atoms with Crippen LogP contribution in [0.25, 0.3) is 0 Å². The molecule has 0 N–H and O–H groups in total. The molecular formula is C16H24N4. The Hall–Kier alpha value is -1.42. The molecule has 0 unspecified atom stereocenters. The van der Waals surface area contributed by atoms with E-state index < -0.39 is 0 Å². The molecule has 0 aliphatic carbocycles. The molecule has 0 amide bonds. The lowest BCUT2D eigenvalue weighted by Gasteiger charge is -2.44. The summed E-state index contributed by atoms with van der Waals surface area (Å²) in [5.74, 6) is 0.888. The first-order valence-electron chi connectivity index (χ1n) is 7.63. The average Bonchev–Trinajstić information content (AvgIpc) is 2.84. The van der Waals surface area contributed by atoms with Crippen LogP contribution in [0.3, 0.4) is 0 Å². The number of nitrogens with zero attached hydrogens (tertiary/aromatic N) is 4. The standard InChI is InChI=1S/C16H24N4/c1-3-8-20-9-4-5-16(20)6-10-19(11-7-16)15-17-12-14(2)13-18-15/h3,12-13H,1,4-11H2,2H3. The number of anilines is 1. The Morgan fingerprint density at radius 1 is 1.20 bits per heavy atom. The Labute approximate surface area is 121 Å². The highest BCUT2D eigenvalue weighted by Gasteiger charge is 2.42. The van der Waals surface area contributed by atoms with E-state index in [-0.39, 0.29) is 0 Å². The predicted molar refractivity (Wildman–Crippen MR) is 82.0 cm³/mol. The highest BCUT2D eigenvalue weighted by atomic mass is 15.3. The molecule has 1 spiro atoms. The SMILES string of the molecule is C=CCN1CCCC12CCN(c1ncc(C)cn1)CC2. The predicted octanol–water partition coefficient (Wildman–Crippen LogP) is 2.41. The fraction of sp³-hybridized carbons (Fsp3) is 0.625. The van der Waals surface area contributed by atoms with Crippen molar-refractivity contribution in [3.05, 3.63) is 30.6 Å². The Morgan fingerprint density at radius 3 is 2.55 bits per heavy atom. The molecule has 1 aromatic heterocycles. The zero-order valence-electron chi connectivity index (χ0n) is 12.4. The maximum atomic E-state index is 4.46. The fourth-order valence-corrected chi connectivity index (χ4v) is 3.67. The minimum absolute atomic E-state index is 0.412. The van der Waals surface area contributed by atoms with Gasteiger partial charge >= 0.3 is 0 Å². The second-order valence-corrected chi connectivity index (χ2v) is 6.11. The van der Waals surface area contributed by atoms with Crippen LogP contribution in [0.1, 0.15) is 31.2 Å². The molecule has 1 aromatic rings. The lowest BCUT2D eigenvalue weighted by atomic mass is 9.85. The van der Waals surface area contributed by atoms with E-state index in [1.807, 2.05) is 25.4 Å². The molecule has 2 aliphatic rings. The smallest absolute Gasteiger partial charge is 0.225 e. The molecule has 2 aliphatic heterocycles. The average molecular weight is 272 g/mol. The second kappa shape index (κ2) is 5.52. The van der Waals surface area contributed by atoms with Gasteiger partial charge in [-0.2, -0.15) is 0 Å². The number of likely N-dealkylation sites (tertiary alicyclic amines) is 1. The summed E-state index contributed by atoms with van der Waals surface area (Å²) in [4.78, 5) is 13.9. The Balaban J connectivity index is 1.67. The summed E-state index contributed by atoms with van der Waals surface area (Å²) in [6.45, 7) is 10.3. The minimum Gasteiger partial charge on any atom is -0.341 e. The zero-order valence-corrected chi connectivity index (χ0v) is 12.4. The molecule has 20 heavy (non-hydrogen) atoms. The van der Waals surface area contributed by atoms with Gasteiger partial charge in [0.25, 0.3) is 0 Å². The number of piperidine rings is 1. The first kappa shape index (κ1) is 13.6. The molecule has 2 fully saturated rings. The van der Waals surface area contributed by atoms with Crippen LogP contribution in [-0.2, 0) is 0 Å². The first-order valence-corrected chi connectivity index (χ1v) is 7.63.